The highest BCUT2D eigenvalue weighted by atomic mass is 19.2. The molecule has 1 amide bonds. The molecule has 0 unspecified atom stereocenters. The van der Waals surface area contributed by atoms with Crippen LogP contribution in [0.15, 0.2) is 60.7 Å². The fraction of sp³-hybridized carbons (Fsp3) is 0.0500. The monoisotopic (exact) mass is 372 g/mol. The Morgan fingerprint density at radius 2 is 1.63 bits per heavy atom. The number of hydrazine groups is 1. The van der Waals surface area contributed by atoms with E-state index in [0.29, 0.717) is 6.42 Å². The van der Waals surface area contributed by atoms with E-state index in [2.05, 4.69) is 10.9 Å². The summed E-state index contributed by atoms with van der Waals surface area (Å²) in [4.78, 5) is 12.3. The van der Waals surface area contributed by atoms with Crippen LogP contribution >= 0.6 is 0 Å². The van der Waals surface area contributed by atoms with Gasteiger partial charge in [-0.15, -0.1) is 0 Å². The van der Waals surface area contributed by atoms with Gasteiger partial charge in [0.25, 0.3) is 5.91 Å². The zero-order valence-corrected chi connectivity index (χ0v) is 14.0. The van der Waals surface area contributed by atoms with Crippen molar-refractivity contribution in [3.63, 3.8) is 0 Å². The van der Waals surface area contributed by atoms with Crippen LogP contribution in [0.1, 0.15) is 21.5 Å². The molecule has 0 fully saturated rings. The first-order chi connectivity index (χ1) is 13.0. The summed E-state index contributed by atoms with van der Waals surface area (Å²) in [5.41, 5.74) is 5.66. The number of benzene rings is 3. The molecular weight excluding hydrogens is 357 g/mol. The summed E-state index contributed by atoms with van der Waals surface area (Å²) in [6.07, 6.45) is 0.548. The Morgan fingerprint density at radius 1 is 0.889 bits per heavy atom. The van der Waals surface area contributed by atoms with Crippen molar-refractivity contribution in [2.45, 2.75) is 6.42 Å². The highest BCUT2D eigenvalue weighted by Crippen LogP contribution is 2.22. The maximum atomic E-state index is 13.6. The van der Waals surface area contributed by atoms with Gasteiger partial charge in [0.05, 0.1) is 11.3 Å². The summed E-state index contributed by atoms with van der Waals surface area (Å²) in [7, 11) is 0. The number of nitrogens with one attached hydrogen (secondary N) is 2. The van der Waals surface area contributed by atoms with Gasteiger partial charge in [-0.2, -0.15) is 0 Å². The summed E-state index contributed by atoms with van der Waals surface area (Å²) in [6, 6.07) is 15.8. The fourth-order valence-electron chi connectivity index (χ4n) is 2.52. The third-order valence-corrected chi connectivity index (χ3v) is 3.90. The molecule has 3 aromatic rings. The Hall–Kier alpha value is -3.48. The summed E-state index contributed by atoms with van der Waals surface area (Å²) in [5, 5.41) is 9.93. The van der Waals surface area contributed by atoms with E-state index in [4.69, 9.17) is 0 Å². The maximum Gasteiger partial charge on any atom is 0.273 e. The van der Waals surface area contributed by atoms with Crippen LogP contribution in [-0.4, -0.2) is 11.0 Å². The van der Waals surface area contributed by atoms with E-state index in [-0.39, 0.29) is 11.3 Å². The molecular formula is C20H15F3N2O2. The van der Waals surface area contributed by atoms with E-state index in [0.717, 1.165) is 23.3 Å². The van der Waals surface area contributed by atoms with E-state index in [9.17, 15) is 23.1 Å². The third-order valence-electron chi connectivity index (χ3n) is 3.90. The van der Waals surface area contributed by atoms with Crippen molar-refractivity contribution < 1.29 is 23.1 Å². The third kappa shape index (κ3) is 4.20. The van der Waals surface area contributed by atoms with E-state index in [1.807, 2.05) is 30.3 Å². The highest BCUT2D eigenvalue weighted by Gasteiger charge is 2.16. The van der Waals surface area contributed by atoms with Crippen molar-refractivity contribution in [3.05, 3.63) is 94.8 Å². The number of anilines is 1. The first kappa shape index (κ1) is 18.3. The van der Waals surface area contributed by atoms with Crippen molar-refractivity contribution in [1.82, 2.24) is 5.43 Å². The molecule has 3 N–H and O–H groups in total. The average Bonchev–Trinajstić information content (AvgIpc) is 2.67. The van der Waals surface area contributed by atoms with Crippen LogP contribution in [0.5, 0.6) is 5.75 Å². The van der Waals surface area contributed by atoms with Gasteiger partial charge in [-0.25, -0.2) is 13.2 Å². The smallest absolute Gasteiger partial charge is 0.273 e. The van der Waals surface area contributed by atoms with Crippen molar-refractivity contribution in [1.29, 1.82) is 0 Å². The number of rotatable bonds is 5. The molecule has 7 heteroatoms. The predicted octanol–water partition coefficient (Wildman–Crippen LogP) is 4.16. The lowest BCUT2D eigenvalue weighted by molar-refractivity contribution is 0.0960. The van der Waals surface area contributed by atoms with Crippen molar-refractivity contribution in [2.75, 3.05) is 5.43 Å². The number of amides is 1. The standard InChI is InChI=1S/C20H15F3N2O2/c21-15-7-8-16(19(23)18(15)22)24-25-20(27)14-11-13(6-9-17(14)26)10-12-4-2-1-3-5-12/h1-9,11,24,26H,10H2,(H,25,27). The molecule has 0 radical (unpaired) electrons. The van der Waals surface area contributed by atoms with Crippen molar-refractivity contribution in [3.8, 4) is 5.75 Å². The molecule has 138 valence electrons. The van der Waals surface area contributed by atoms with Gasteiger partial charge in [-0.3, -0.25) is 15.6 Å². The van der Waals surface area contributed by atoms with Gasteiger partial charge in [0.1, 0.15) is 5.75 Å². The Kier molecular flexibility index (Phi) is 5.30. The van der Waals surface area contributed by atoms with E-state index >= 15 is 0 Å². The first-order valence-corrected chi connectivity index (χ1v) is 8.01. The minimum atomic E-state index is -1.65. The Balaban J connectivity index is 1.74. The number of carbonyl (C=O) groups excluding carboxylic acids is 1. The Labute approximate surface area is 153 Å². The van der Waals surface area contributed by atoms with Gasteiger partial charge in [0.2, 0.25) is 0 Å². The zero-order valence-electron chi connectivity index (χ0n) is 14.0. The second kappa shape index (κ2) is 7.82. The van der Waals surface area contributed by atoms with Gasteiger partial charge in [-0.05, 0) is 41.8 Å². The molecule has 0 spiro atoms. The largest absolute Gasteiger partial charge is 0.507 e. The molecule has 27 heavy (non-hydrogen) atoms. The van der Waals surface area contributed by atoms with Gasteiger partial charge in [0.15, 0.2) is 17.5 Å². The number of aromatic hydroxyl groups is 1. The fourth-order valence-corrected chi connectivity index (χ4v) is 2.52. The molecule has 3 rings (SSSR count). The van der Waals surface area contributed by atoms with Gasteiger partial charge >= 0.3 is 0 Å². The number of hydrogen-bond acceptors (Lipinski definition) is 3. The molecule has 0 aromatic heterocycles. The SMILES string of the molecule is O=C(NNc1ccc(F)c(F)c1F)c1cc(Cc2ccccc2)ccc1O. The van der Waals surface area contributed by atoms with Gasteiger partial charge in [0, 0.05) is 0 Å². The quantitative estimate of drug-likeness (QED) is 0.466. The number of phenols is 1. The molecule has 0 bridgehead atoms. The summed E-state index contributed by atoms with van der Waals surface area (Å²) in [6.45, 7) is 0. The minimum absolute atomic E-state index is 0.0427. The van der Waals surface area contributed by atoms with Crippen LogP contribution in [0, 0.1) is 17.5 Å². The normalized spacial score (nSPS) is 10.5. The lowest BCUT2D eigenvalue weighted by atomic mass is 10.0. The van der Waals surface area contributed by atoms with Crippen molar-refractivity contribution in [2.24, 2.45) is 0 Å². The maximum absolute atomic E-state index is 13.6. The lowest BCUT2D eigenvalue weighted by Gasteiger charge is -2.12. The average molecular weight is 372 g/mol. The van der Waals surface area contributed by atoms with E-state index < -0.39 is 29.0 Å². The van der Waals surface area contributed by atoms with Gasteiger partial charge in [-0.1, -0.05) is 36.4 Å². The Bertz CT molecular complexity index is 978. The molecule has 0 heterocycles. The molecule has 0 saturated heterocycles. The van der Waals surface area contributed by atoms with E-state index in [1.165, 1.54) is 12.1 Å². The van der Waals surface area contributed by atoms with Crippen LogP contribution in [0.3, 0.4) is 0 Å². The first-order valence-electron chi connectivity index (χ1n) is 8.01. The van der Waals surface area contributed by atoms with Crippen LogP contribution in [0.4, 0.5) is 18.9 Å². The second-order valence-corrected chi connectivity index (χ2v) is 5.82. The van der Waals surface area contributed by atoms with Crippen LogP contribution in [0.25, 0.3) is 0 Å². The van der Waals surface area contributed by atoms with E-state index in [1.54, 1.807) is 6.07 Å². The second-order valence-electron chi connectivity index (χ2n) is 5.82. The minimum Gasteiger partial charge on any atom is -0.507 e. The number of halogens is 3. The zero-order chi connectivity index (χ0) is 19.4. The summed E-state index contributed by atoms with van der Waals surface area (Å²) < 4.78 is 39.8. The molecule has 0 aliphatic carbocycles. The molecule has 3 aromatic carbocycles. The Morgan fingerprint density at radius 3 is 2.37 bits per heavy atom. The molecule has 0 aliphatic rings. The lowest BCUT2D eigenvalue weighted by Crippen LogP contribution is -2.30. The summed E-state index contributed by atoms with van der Waals surface area (Å²) >= 11 is 0. The molecule has 4 nitrogen and oxygen atoms in total. The van der Waals surface area contributed by atoms with Crippen LogP contribution in [0.2, 0.25) is 0 Å². The highest BCUT2D eigenvalue weighted by molar-refractivity contribution is 5.97. The predicted molar refractivity (Wildman–Crippen MR) is 94.8 cm³/mol. The van der Waals surface area contributed by atoms with Crippen LogP contribution in [-0.2, 0) is 6.42 Å². The molecule has 0 saturated carbocycles. The molecule has 0 aliphatic heterocycles. The number of phenolic OH excluding ortho intramolecular Hbond substituents is 1. The number of carbonyl (C=O) groups is 1. The topological polar surface area (TPSA) is 61.4 Å². The van der Waals surface area contributed by atoms with Crippen molar-refractivity contribution >= 4 is 11.6 Å². The van der Waals surface area contributed by atoms with Gasteiger partial charge < -0.3 is 5.11 Å². The molecule has 0 atom stereocenters. The van der Waals surface area contributed by atoms with Crippen LogP contribution < -0.4 is 10.9 Å². The number of hydrogen-bond donors (Lipinski definition) is 3. The summed E-state index contributed by atoms with van der Waals surface area (Å²) in [5.74, 6) is -5.47.